The van der Waals surface area contributed by atoms with Crippen LogP contribution in [0, 0.1) is 5.92 Å². The highest BCUT2D eigenvalue weighted by molar-refractivity contribution is 5.05. The van der Waals surface area contributed by atoms with Crippen molar-refractivity contribution >= 4 is 0 Å². The number of nitrogens with one attached hydrogen (secondary N) is 1. The van der Waals surface area contributed by atoms with E-state index in [1.165, 1.54) is 25.2 Å². The van der Waals surface area contributed by atoms with Gasteiger partial charge in [-0.15, -0.1) is 0 Å². The summed E-state index contributed by atoms with van der Waals surface area (Å²) in [5.74, 6) is 1.16. The molecule has 0 bridgehead atoms. The van der Waals surface area contributed by atoms with Gasteiger partial charge < -0.3 is 9.72 Å². The number of aromatic nitrogens is 2. The average molecular weight is 208 g/mol. The Hall–Kier alpha value is -1.32. The van der Waals surface area contributed by atoms with Crippen molar-refractivity contribution in [2.45, 2.75) is 38.7 Å². The van der Waals surface area contributed by atoms with Crippen molar-refractivity contribution in [1.82, 2.24) is 9.97 Å². The number of rotatable bonds is 2. The van der Waals surface area contributed by atoms with Gasteiger partial charge in [0.25, 0.3) is 5.56 Å². The average Bonchev–Trinajstić information content (AvgIpc) is 2.17. The molecule has 1 saturated carbocycles. The zero-order chi connectivity index (χ0) is 10.7. The van der Waals surface area contributed by atoms with Crippen molar-refractivity contribution in [2.75, 3.05) is 0 Å². The van der Waals surface area contributed by atoms with Gasteiger partial charge in [-0.3, -0.25) is 4.79 Å². The van der Waals surface area contributed by atoms with Crippen molar-refractivity contribution in [3.8, 4) is 5.88 Å². The first kappa shape index (κ1) is 10.2. The number of aromatic amines is 1. The molecule has 0 spiro atoms. The normalized spacial score (nSPS) is 26.2. The predicted octanol–water partition coefficient (Wildman–Crippen LogP) is 1.73. The van der Waals surface area contributed by atoms with Crippen LogP contribution in [0.4, 0.5) is 0 Å². The van der Waals surface area contributed by atoms with Crippen molar-refractivity contribution in [3.05, 3.63) is 22.7 Å². The van der Waals surface area contributed by atoms with Gasteiger partial charge in [-0.1, -0.05) is 13.3 Å². The van der Waals surface area contributed by atoms with E-state index in [-0.39, 0.29) is 11.7 Å². The van der Waals surface area contributed by atoms with Gasteiger partial charge in [-0.25, -0.2) is 4.98 Å². The van der Waals surface area contributed by atoms with Crippen LogP contribution in [0.5, 0.6) is 5.88 Å². The standard InChI is InChI=1S/C11H16N2O2/c1-8-3-2-4-9(5-8)15-11-6-10(14)12-7-13-11/h6-9H,2-5H2,1H3,(H,12,13,14). The lowest BCUT2D eigenvalue weighted by atomic mass is 9.89. The fourth-order valence-electron chi connectivity index (χ4n) is 2.07. The smallest absolute Gasteiger partial charge is 0.254 e. The quantitative estimate of drug-likeness (QED) is 0.805. The summed E-state index contributed by atoms with van der Waals surface area (Å²) in [6, 6.07) is 1.40. The second kappa shape index (κ2) is 4.47. The van der Waals surface area contributed by atoms with Crippen molar-refractivity contribution in [1.29, 1.82) is 0 Å². The first-order valence-corrected chi connectivity index (χ1v) is 5.45. The molecule has 1 heterocycles. The highest BCUT2D eigenvalue weighted by atomic mass is 16.5. The maximum atomic E-state index is 11.0. The molecule has 1 aliphatic carbocycles. The van der Waals surface area contributed by atoms with Gasteiger partial charge in [-0.05, 0) is 25.2 Å². The number of H-pyrrole nitrogens is 1. The van der Waals surface area contributed by atoms with Gasteiger partial charge in [0.05, 0.1) is 12.4 Å². The van der Waals surface area contributed by atoms with Crippen LogP contribution in [0.15, 0.2) is 17.2 Å². The van der Waals surface area contributed by atoms with Crippen LogP contribution in [0.1, 0.15) is 32.6 Å². The molecule has 15 heavy (non-hydrogen) atoms. The lowest BCUT2D eigenvalue weighted by Gasteiger charge is -2.26. The van der Waals surface area contributed by atoms with Gasteiger partial charge in [0.1, 0.15) is 6.10 Å². The SMILES string of the molecule is CC1CCCC(Oc2cc(=O)[nH]cn2)C1. The number of hydrogen-bond donors (Lipinski definition) is 1. The van der Waals surface area contributed by atoms with Crippen LogP contribution in [-0.4, -0.2) is 16.1 Å². The molecule has 0 amide bonds. The highest BCUT2D eigenvalue weighted by Crippen LogP contribution is 2.26. The Labute approximate surface area is 88.7 Å². The summed E-state index contributed by atoms with van der Waals surface area (Å²) in [6.45, 7) is 2.24. The Morgan fingerprint density at radius 3 is 3.13 bits per heavy atom. The van der Waals surface area contributed by atoms with E-state index < -0.39 is 0 Å². The van der Waals surface area contributed by atoms with E-state index in [1.54, 1.807) is 0 Å². The van der Waals surface area contributed by atoms with Crippen LogP contribution in [-0.2, 0) is 0 Å². The summed E-state index contributed by atoms with van der Waals surface area (Å²) in [4.78, 5) is 17.5. The van der Waals surface area contributed by atoms with E-state index in [9.17, 15) is 4.79 Å². The largest absolute Gasteiger partial charge is 0.474 e. The van der Waals surface area contributed by atoms with E-state index in [4.69, 9.17) is 4.74 Å². The first-order valence-electron chi connectivity index (χ1n) is 5.45. The molecule has 82 valence electrons. The lowest BCUT2D eigenvalue weighted by Crippen LogP contribution is -2.25. The molecule has 0 aliphatic heterocycles. The van der Waals surface area contributed by atoms with Crippen LogP contribution < -0.4 is 10.3 Å². The predicted molar refractivity (Wildman–Crippen MR) is 56.9 cm³/mol. The van der Waals surface area contributed by atoms with Gasteiger partial charge >= 0.3 is 0 Å². The Bertz CT molecular complexity index is 375. The van der Waals surface area contributed by atoms with Gasteiger partial charge in [0.2, 0.25) is 5.88 Å². The molecule has 2 rings (SSSR count). The molecule has 1 fully saturated rings. The van der Waals surface area contributed by atoms with Crippen molar-refractivity contribution < 1.29 is 4.74 Å². The van der Waals surface area contributed by atoms with Crippen LogP contribution in [0.3, 0.4) is 0 Å². The summed E-state index contributed by atoms with van der Waals surface area (Å²) >= 11 is 0. The van der Waals surface area contributed by atoms with E-state index >= 15 is 0 Å². The van der Waals surface area contributed by atoms with Crippen LogP contribution >= 0.6 is 0 Å². The maximum Gasteiger partial charge on any atom is 0.254 e. The van der Waals surface area contributed by atoms with Crippen molar-refractivity contribution in [3.63, 3.8) is 0 Å². The van der Waals surface area contributed by atoms with Crippen molar-refractivity contribution in [2.24, 2.45) is 5.92 Å². The number of hydrogen-bond acceptors (Lipinski definition) is 3. The Morgan fingerprint density at radius 1 is 1.53 bits per heavy atom. The van der Waals surface area contributed by atoms with Gasteiger partial charge in [0.15, 0.2) is 0 Å². The molecular formula is C11H16N2O2. The number of nitrogens with zero attached hydrogens (tertiary/aromatic N) is 1. The molecule has 4 nitrogen and oxygen atoms in total. The molecule has 1 aromatic heterocycles. The molecule has 2 atom stereocenters. The fourth-order valence-corrected chi connectivity index (χ4v) is 2.07. The van der Waals surface area contributed by atoms with E-state index in [2.05, 4.69) is 16.9 Å². The maximum absolute atomic E-state index is 11.0. The molecule has 0 radical (unpaired) electrons. The summed E-state index contributed by atoms with van der Waals surface area (Å²) < 4.78 is 5.68. The molecular weight excluding hydrogens is 192 g/mol. The minimum Gasteiger partial charge on any atom is -0.474 e. The Morgan fingerprint density at radius 2 is 2.40 bits per heavy atom. The van der Waals surface area contributed by atoms with Gasteiger partial charge in [-0.2, -0.15) is 0 Å². The second-order valence-corrected chi connectivity index (χ2v) is 4.26. The zero-order valence-corrected chi connectivity index (χ0v) is 8.90. The third kappa shape index (κ3) is 2.81. The molecule has 0 saturated heterocycles. The topological polar surface area (TPSA) is 55.0 Å². The lowest BCUT2D eigenvalue weighted by molar-refractivity contribution is 0.123. The molecule has 4 heteroatoms. The molecule has 2 unspecified atom stereocenters. The summed E-state index contributed by atoms with van der Waals surface area (Å²) in [6.07, 6.45) is 6.22. The van der Waals surface area contributed by atoms with Gasteiger partial charge in [0, 0.05) is 0 Å². The zero-order valence-electron chi connectivity index (χ0n) is 8.90. The fraction of sp³-hybridized carbons (Fsp3) is 0.636. The molecule has 1 N–H and O–H groups in total. The Balaban J connectivity index is 1.99. The van der Waals surface area contributed by atoms with E-state index in [1.807, 2.05) is 0 Å². The molecule has 1 aliphatic rings. The molecule has 1 aromatic rings. The summed E-state index contributed by atoms with van der Waals surface area (Å²) in [7, 11) is 0. The molecule has 0 aromatic carbocycles. The number of ether oxygens (including phenoxy) is 1. The van der Waals surface area contributed by atoms with E-state index in [0.717, 1.165) is 12.8 Å². The third-order valence-electron chi connectivity index (χ3n) is 2.83. The van der Waals surface area contributed by atoms with Crippen LogP contribution in [0.25, 0.3) is 0 Å². The summed E-state index contributed by atoms with van der Waals surface area (Å²) in [5.41, 5.74) is -0.163. The second-order valence-electron chi connectivity index (χ2n) is 4.26. The first-order chi connectivity index (χ1) is 7.24. The van der Waals surface area contributed by atoms with E-state index in [0.29, 0.717) is 11.8 Å². The Kier molecular flexibility index (Phi) is 3.04. The minimum atomic E-state index is -0.163. The van der Waals surface area contributed by atoms with Crippen LogP contribution in [0.2, 0.25) is 0 Å². The highest BCUT2D eigenvalue weighted by Gasteiger charge is 2.20. The monoisotopic (exact) mass is 208 g/mol. The third-order valence-corrected chi connectivity index (χ3v) is 2.83. The summed E-state index contributed by atoms with van der Waals surface area (Å²) in [5, 5.41) is 0. The minimum absolute atomic E-state index is 0.163.